The highest BCUT2D eigenvalue weighted by Gasteiger charge is 2.11. The Hall–Kier alpha value is -1.96. The van der Waals surface area contributed by atoms with Crippen molar-refractivity contribution >= 4 is 35.1 Å². The van der Waals surface area contributed by atoms with E-state index in [9.17, 15) is 0 Å². The molecule has 0 fully saturated rings. The first-order valence-corrected chi connectivity index (χ1v) is 9.07. The molecule has 1 aromatic carbocycles. The van der Waals surface area contributed by atoms with E-state index in [0.29, 0.717) is 18.3 Å². The number of benzene rings is 1. The van der Waals surface area contributed by atoms with Crippen molar-refractivity contribution in [2.75, 3.05) is 13.7 Å². The molecule has 0 amide bonds. The maximum absolute atomic E-state index is 6.25. The van der Waals surface area contributed by atoms with Gasteiger partial charge < -0.3 is 10.1 Å². The summed E-state index contributed by atoms with van der Waals surface area (Å²) in [7, 11) is 1.65. The van der Waals surface area contributed by atoms with Gasteiger partial charge in [0.05, 0.1) is 25.1 Å². The Balaban J connectivity index is 2.03. The van der Waals surface area contributed by atoms with Gasteiger partial charge in [0.1, 0.15) is 0 Å². The number of ether oxygens (including phenoxy) is 1. The lowest BCUT2D eigenvalue weighted by atomic mass is 10.2. The predicted molar refractivity (Wildman–Crippen MR) is 110 cm³/mol. The van der Waals surface area contributed by atoms with Gasteiger partial charge in [-0.05, 0) is 44.6 Å². The molecule has 1 atom stereocenters. The first-order valence-electron chi connectivity index (χ1n) is 8.28. The van der Waals surface area contributed by atoms with Crippen LogP contribution in [0.4, 0.5) is 0 Å². The van der Waals surface area contributed by atoms with Crippen molar-refractivity contribution in [3.63, 3.8) is 0 Å². The van der Waals surface area contributed by atoms with Crippen molar-refractivity contribution in [1.82, 2.24) is 20.5 Å². The summed E-state index contributed by atoms with van der Waals surface area (Å²) in [6.07, 6.45) is 1.73. The summed E-state index contributed by atoms with van der Waals surface area (Å²) in [5.74, 6) is 0. The van der Waals surface area contributed by atoms with Crippen LogP contribution in [-0.4, -0.2) is 40.9 Å². The second-order valence-corrected chi connectivity index (χ2v) is 6.85. The Morgan fingerprint density at radius 3 is 2.85 bits per heavy atom. The number of hydrogen-bond acceptors (Lipinski definition) is 4. The Morgan fingerprint density at radius 2 is 2.15 bits per heavy atom. The van der Waals surface area contributed by atoms with E-state index in [-0.39, 0.29) is 6.04 Å². The van der Waals surface area contributed by atoms with Crippen LogP contribution in [0.15, 0.2) is 29.4 Å². The maximum atomic E-state index is 6.25. The Morgan fingerprint density at radius 1 is 1.42 bits per heavy atom. The topological polar surface area (TPSA) is 63.5 Å². The molecule has 0 bridgehead atoms. The largest absolute Gasteiger partial charge is 0.383 e. The number of aryl methyl sites for hydroxylation is 1. The molecule has 8 heteroatoms. The lowest BCUT2D eigenvalue weighted by Crippen LogP contribution is -2.40. The highest BCUT2D eigenvalue weighted by molar-refractivity contribution is 7.80. The average Bonchev–Trinajstić information content (AvgIpc) is 2.84. The van der Waals surface area contributed by atoms with Crippen LogP contribution >= 0.6 is 23.8 Å². The van der Waals surface area contributed by atoms with Gasteiger partial charge in [0.2, 0.25) is 0 Å². The zero-order chi connectivity index (χ0) is 19.1. The second kappa shape index (κ2) is 9.66. The summed E-state index contributed by atoms with van der Waals surface area (Å²) in [4.78, 5) is 0. The van der Waals surface area contributed by atoms with Crippen LogP contribution < -0.4 is 10.7 Å². The zero-order valence-corrected chi connectivity index (χ0v) is 17.0. The number of thiocarbonyl (C=S) groups is 1. The van der Waals surface area contributed by atoms with Crippen molar-refractivity contribution in [3.05, 3.63) is 51.8 Å². The van der Waals surface area contributed by atoms with E-state index in [1.54, 1.807) is 13.3 Å². The van der Waals surface area contributed by atoms with Gasteiger partial charge in [-0.1, -0.05) is 29.8 Å². The summed E-state index contributed by atoms with van der Waals surface area (Å²) in [6, 6.07) is 7.88. The first-order chi connectivity index (χ1) is 12.4. The van der Waals surface area contributed by atoms with E-state index >= 15 is 0 Å². The molecule has 2 N–H and O–H groups in total. The second-order valence-electron chi connectivity index (χ2n) is 6.03. The number of nitrogens with zero attached hydrogens (tertiary/aromatic N) is 3. The smallest absolute Gasteiger partial charge is 0.187 e. The summed E-state index contributed by atoms with van der Waals surface area (Å²) < 4.78 is 6.99. The van der Waals surface area contributed by atoms with Crippen molar-refractivity contribution in [2.24, 2.45) is 5.10 Å². The van der Waals surface area contributed by atoms with Gasteiger partial charge in [-0.3, -0.25) is 10.1 Å². The number of aromatic nitrogens is 2. The van der Waals surface area contributed by atoms with E-state index in [1.165, 1.54) is 0 Å². The monoisotopic (exact) mass is 393 g/mol. The average molecular weight is 394 g/mol. The molecular formula is C18H24ClN5OS. The fraction of sp³-hybridized carbons (Fsp3) is 0.389. The Labute approximate surface area is 164 Å². The minimum Gasteiger partial charge on any atom is -0.383 e. The fourth-order valence-electron chi connectivity index (χ4n) is 2.54. The molecular weight excluding hydrogens is 370 g/mol. The minimum atomic E-state index is 0.108. The third kappa shape index (κ3) is 5.52. The fourth-order valence-corrected chi connectivity index (χ4v) is 2.99. The molecule has 0 unspecified atom stereocenters. The molecule has 0 aliphatic heterocycles. The molecule has 140 valence electrons. The van der Waals surface area contributed by atoms with Crippen LogP contribution in [0.25, 0.3) is 0 Å². The van der Waals surface area contributed by atoms with Crippen molar-refractivity contribution in [3.8, 4) is 0 Å². The number of halogens is 1. The van der Waals surface area contributed by atoms with E-state index in [1.807, 2.05) is 49.7 Å². The Kier molecular flexibility index (Phi) is 7.56. The normalized spacial score (nSPS) is 12.3. The molecule has 0 aliphatic carbocycles. The number of nitrogens with one attached hydrogen (secondary N) is 2. The predicted octanol–water partition coefficient (Wildman–Crippen LogP) is 3.03. The molecule has 2 aromatic rings. The molecule has 0 radical (unpaired) electrons. The summed E-state index contributed by atoms with van der Waals surface area (Å²) in [6.45, 7) is 7.12. The lowest BCUT2D eigenvalue weighted by Gasteiger charge is -2.13. The molecule has 0 aliphatic rings. The minimum absolute atomic E-state index is 0.108. The SMILES string of the molecule is COC[C@H](C)NC(=S)N/N=C\c1c(C)nn(Cc2ccccc2Cl)c1C. The summed E-state index contributed by atoms with van der Waals surface area (Å²) >= 11 is 11.5. The van der Waals surface area contributed by atoms with Crippen molar-refractivity contribution in [1.29, 1.82) is 0 Å². The lowest BCUT2D eigenvalue weighted by molar-refractivity contribution is 0.179. The standard InChI is InChI=1S/C18H24ClN5OS/c1-12(11-25-4)21-18(26)22-20-9-16-13(2)23-24(14(16)3)10-15-7-5-6-8-17(15)19/h5-9,12H,10-11H2,1-4H3,(H2,21,22,26)/b20-9-/t12-/m0/s1. The van der Waals surface area contributed by atoms with E-state index in [2.05, 4.69) is 20.9 Å². The van der Waals surface area contributed by atoms with Crippen LogP contribution in [0, 0.1) is 13.8 Å². The third-order valence-corrected chi connectivity index (χ3v) is 4.45. The van der Waals surface area contributed by atoms with E-state index in [0.717, 1.165) is 27.5 Å². The van der Waals surface area contributed by atoms with Gasteiger partial charge in [0.15, 0.2) is 5.11 Å². The van der Waals surface area contributed by atoms with Crippen LogP contribution in [0.5, 0.6) is 0 Å². The number of hydrogen-bond donors (Lipinski definition) is 2. The van der Waals surface area contributed by atoms with Crippen molar-refractivity contribution < 1.29 is 4.74 Å². The molecule has 1 heterocycles. The first kappa shape index (κ1) is 20.4. The third-order valence-electron chi connectivity index (χ3n) is 3.87. The number of methoxy groups -OCH3 is 1. The van der Waals surface area contributed by atoms with Crippen LogP contribution in [-0.2, 0) is 11.3 Å². The van der Waals surface area contributed by atoms with E-state index in [4.69, 9.17) is 28.6 Å². The molecule has 6 nitrogen and oxygen atoms in total. The van der Waals surface area contributed by atoms with E-state index < -0.39 is 0 Å². The van der Waals surface area contributed by atoms with Gasteiger partial charge in [-0.25, -0.2) is 0 Å². The van der Waals surface area contributed by atoms with Crippen LogP contribution in [0.3, 0.4) is 0 Å². The quantitative estimate of drug-likeness (QED) is 0.430. The molecule has 26 heavy (non-hydrogen) atoms. The number of hydrazone groups is 1. The van der Waals surface area contributed by atoms with Gasteiger partial charge in [-0.2, -0.15) is 10.2 Å². The van der Waals surface area contributed by atoms with Crippen LogP contribution in [0.2, 0.25) is 5.02 Å². The maximum Gasteiger partial charge on any atom is 0.187 e. The van der Waals surface area contributed by atoms with Gasteiger partial charge in [0, 0.05) is 29.4 Å². The molecule has 0 saturated heterocycles. The van der Waals surface area contributed by atoms with Crippen LogP contribution in [0.1, 0.15) is 29.4 Å². The summed E-state index contributed by atoms with van der Waals surface area (Å²) in [5, 5.41) is 13.1. The molecule has 2 rings (SSSR count). The van der Waals surface area contributed by atoms with Crippen molar-refractivity contribution in [2.45, 2.75) is 33.4 Å². The summed E-state index contributed by atoms with van der Waals surface area (Å²) in [5.41, 5.74) is 6.71. The highest BCUT2D eigenvalue weighted by atomic mass is 35.5. The highest BCUT2D eigenvalue weighted by Crippen LogP contribution is 2.18. The molecule has 1 aromatic heterocycles. The molecule has 0 saturated carbocycles. The van der Waals surface area contributed by atoms with Gasteiger partial charge in [0.25, 0.3) is 0 Å². The van der Waals surface area contributed by atoms with Gasteiger partial charge >= 0.3 is 0 Å². The number of rotatable bonds is 7. The van der Waals surface area contributed by atoms with Gasteiger partial charge in [-0.15, -0.1) is 0 Å². The Bertz CT molecular complexity index is 790. The zero-order valence-electron chi connectivity index (χ0n) is 15.4. The molecule has 0 spiro atoms.